The molecule has 2 heterocycles. The van der Waals surface area contributed by atoms with Gasteiger partial charge in [0.2, 0.25) is 5.91 Å². The number of sulfonamides is 1. The van der Waals surface area contributed by atoms with Crippen LogP contribution in [-0.4, -0.2) is 31.1 Å². The molecule has 0 atom stereocenters. The van der Waals surface area contributed by atoms with E-state index in [0.717, 1.165) is 4.31 Å². The van der Waals surface area contributed by atoms with E-state index in [1.165, 1.54) is 0 Å². The van der Waals surface area contributed by atoms with Gasteiger partial charge in [0.25, 0.3) is 10.0 Å². The van der Waals surface area contributed by atoms with Crippen molar-refractivity contribution in [2.24, 2.45) is 0 Å². The molecule has 0 radical (unpaired) electrons. The van der Waals surface area contributed by atoms with Crippen LogP contribution in [0.15, 0.2) is 29.2 Å². The monoisotopic (exact) mass is 306 g/mol. The van der Waals surface area contributed by atoms with Crippen molar-refractivity contribution in [3.63, 3.8) is 0 Å². The van der Waals surface area contributed by atoms with Crippen LogP contribution in [0.25, 0.3) is 0 Å². The van der Waals surface area contributed by atoms with Crippen molar-refractivity contribution in [2.75, 3.05) is 16.2 Å². The van der Waals surface area contributed by atoms with E-state index in [4.69, 9.17) is 0 Å². The summed E-state index contributed by atoms with van der Waals surface area (Å²) in [6.07, 6.45) is 0. The average molecular weight is 306 g/mol. The molecule has 0 aliphatic carbocycles. The smallest absolute Gasteiger partial charge is 0.268 e. The number of H-pyrrole nitrogens is 1. The van der Waals surface area contributed by atoms with E-state index in [-0.39, 0.29) is 17.3 Å². The first kappa shape index (κ1) is 13.6. The van der Waals surface area contributed by atoms with E-state index in [9.17, 15) is 13.2 Å². The molecular weight excluding hydrogens is 292 g/mol. The number of amides is 1. The van der Waals surface area contributed by atoms with Crippen molar-refractivity contribution in [2.45, 2.75) is 18.7 Å². The number of hydrogen-bond acceptors (Lipinski definition) is 4. The van der Waals surface area contributed by atoms with Crippen LogP contribution in [-0.2, 0) is 14.8 Å². The zero-order valence-electron chi connectivity index (χ0n) is 11.5. The number of fused-ring (bicyclic) bond motifs is 1. The van der Waals surface area contributed by atoms with Crippen LogP contribution in [0.4, 0.5) is 11.4 Å². The molecule has 1 amide bonds. The Labute approximate surface area is 122 Å². The molecule has 0 fully saturated rings. The molecule has 2 aromatic rings. The minimum absolute atomic E-state index is 0.118. The predicted molar refractivity (Wildman–Crippen MR) is 77.7 cm³/mol. The highest BCUT2D eigenvalue weighted by Crippen LogP contribution is 2.34. The third kappa shape index (κ3) is 2.07. The lowest BCUT2D eigenvalue weighted by Crippen LogP contribution is -2.42. The summed E-state index contributed by atoms with van der Waals surface area (Å²) in [5.74, 6) is -0.365. The summed E-state index contributed by atoms with van der Waals surface area (Å²) < 4.78 is 26.9. The molecule has 0 bridgehead atoms. The maximum Gasteiger partial charge on any atom is 0.268 e. The lowest BCUT2D eigenvalue weighted by atomic mass is 10.2. The molecule has 8 heteroatoms. The molecule has 0 spiro atoms. The summed E-state index contributed by atoms with van der Waals surface area (Å²) in [7, 11) is -3.85. The van der Waals surface area contributed by atoms with Gasteiger partial charge in [-0.3, -0.25) is 14.2 Å². The zero-order chi connectivity index (χ0) is 15.2. The quantitative estimate of drug-likeness (QED) is 0.870. The first-order valence-corrected chi connectivity index (χ1v) is 7.78. The molecule has 1 aliphatic heterocycles. The molecule has 3 rings (SSSR count). The lowest BCUT2D eigenvalue weighted by Gasteiger charge is -2.30. The fourth-order valence-corrected chi connectivity index (χ4v) is 4.22. The molecule has 0 saturated carbocycles. The number of para-hydroxylation sites is 2. The molecule has 1 aromatic carbocycles. The number of nitrogens with zero attached hydrogens (tertiary/aromatic N) is 2. The minimum atomic E-state index is -3.85. The number of rotatable bonds is 2. The number of hydrogen-bond donors (Lipinski definition) is 2. The highest BCUT2D eigenvalue weighted by atomic mass is 32.2. The van der Waals surface area contributed by atoms with Gasteiger partial charge in [0, 0.05) is 0 Å². The van der Waals surface area contributed by atoms with Crippen LogP contribution < -0.4 is 9.62 Å². The van der Waals surface area contributed by atoms with E-state index in [0.29, 0.717) is 22.8 Å². The first-order chi connectivity index (χ1) is 9.91. The Bertz CT molecular complexity index is 806. The van der Waals surface area contributed by atoms with Gasteiger partial charge in [-0.2, -0.15) is 5.10 Å². The Balaban J connectivity index is 2.19. The van der Waals surface area contributed by atoms with Gasteiger partial charge in [-0.25, -0.2) is 8.42 Å². The van der Waals surface area contributed by atoms with Crippen LogP contribution in [0.2, 0.25) is 0 Å². The summed E-state index contributed by atoms with van der Waals surface area (Å²) >= 11 is 0. The van der Waals surface area contributed by atoms with Gasteiger partial charge in [0.05, 0.1) is 22.8 Å². The van der Waals surface area contributed by atoms with E-state index in [1.54, 1.807) is 38.1 Å². The SMILES string of the molecule is Cc1n[nH]c(C)c1S(=O)(=O)N1CC(=O)Nc2ccccc21. The summed E-state index contributed by atoms with van der Waals surface area (Å²) in [6, 6.07) is 6.80. The molecule has 21 heavy (non-hydrogen) atoms. The summed E-state index contributed by atoms with van der Waals surface area (Å²) in [5, 5.41) is 9.25. The Morgan fingerprint density at radius 3 is 2.62 bits per heavy atom. The van der Waals surface area contributed by atoms with Gasteiger partial charge in [-0.05, 0) is 26.0 Å². The molecule has 110 valence electrons. The number of benzene rings is 1. The maximum absolute atomic E-state index is 12.9. The van der Waals surface area contributed by atoms with Gasteiger partial charge in [0.15, 0.2) is 0 Å². The fraction of sp³-hybridized carbons (Fsp3) is 0.231. The topological polar surface area (TPSA) is 95.2 Å². The normalized spacial score (nSPS) is 14.8. The van der Waals surface area contributed by atoms with Crippen molar-refractivity contribution >= 4 is 27.3 Å². The summed E-state index contributed by atoms with van der Waals surface area (Å²) in [5.41, 5.74) is 1.78. The molecule has 1 aliphatic rings. The highest BCUT2D eigenvalue weighted by Gasteiger charge is 2.35. The standard InChI is InChI=1S/C13H14N4O3S/c1-8-13(9(2)16-15-8)21(19,20)17-7-12(18)14-10-5-3-4-6-11(10)17/h3-6H,7H2,1-2H3,(H,14,18)(H,15,16). The van der Waals surface area contributed by atoms with Gasteiger partial charge in [0.1, 0.15) is 11.4 Å². The van der Waals surface area contributed by atoms with Crippen LogP contribution in [0.3, 0.4) is 0 Å². The lowest BCUT2D eigenvalue weighted by molar-refractivity contribution is -0.115. The fourth-order valence-electron chi connectivity index (χ4n) is 2.45. The van der Waals surface area contributed by atoms with Crippen LogP contribution in [0.5, 0.6) is 0 Å². The largest absolute Gasteiger partial charge is 0.323 e. The third-order valence-corrected chi connectivity index (χ3v) is 5.37. The number of aryl methyl sites for hydroxylation is 2. The summed E-state index contributed by atoms with van der Waals surface area (Å²) in [6.45, 7) is 3.01. The molecule has 0 saturated heterocycles. The Kier molecular flexibility index (Phi) is 2.98. The second-order valence-corrected chi connectivity index (χ2v) is 6.64. The Morgan fingerprint density at radius 2 is 1.95 bits per heavy atom. The van der Waals surface area contributed by atoms with E-state index >= 15 is 0 Å². The molecule has 7 nitrogen and oxygen atoms in total. The average Bonchev–Trinajstić information content (AvgIpc) is 2.77. The second-order valence-electron chi connectivity index (χ2n) is 4.84. The maximum atomic E-state index is 12.9. The van der Waals surface area contributed by atoms with Gasteiger partial charge in [-0.1, -0.05) is 12.1 Å². The van der Waals surface area contributed by atoms with Crippen molar-refractivity contribution < 1.29 is 13.2 Å². The van der Waals surface area contributed by atoms with Crippen molar-refractivity contribution in [1.29, 1.82) is 0 Å². The molecule has 1 aromatic heterocycles. The third-order valence-electron chi connectivity index (χ3n) is 3.34. The highest BCUT2D eigenvalue weighted by molar-refractivity contribution is 7.93. The summed E-state index contributed by atoms with van der Waals surface area (Å²) in [4.78, 5) is 11.9. The molecule has 2 N–H and O–H groups in total. The zero-order valence-corrected chi connectivity index (χ0v) is 12.4. The van der Waals surface area contributed by atoms with Crippen molar-refractivity contribution in [3.05, 3.63) is 35.7 Å². The number of aromatic amines is 1. The van der Waals surface area contributed by atoms with Crippen LogP contribution in [0, 0.1) is 13.8 Å². The molecular formula is C13H14N4O3S. The Hall–Kier alpha value is -2.35. The Morgan fingerprint density at radius 1 is 1.24 bits per heavy atom. The number of aromatic nitrogens is 2. The predicted octanol–water partition coefficient (Wildman–Crippen LogP) is 1.17. The van der Waals surface area contributed by atoms with Crippen LogP contribution in [0.1, 0.15) is 11.4 Å². The van der Waals surface area contributed by atoms with Gasteiger partial charge < -0.3 is 5.32 Å². The van der Waals surface area contributed by atoms with Crippen LogP contribution >= 0.6 is 0 Å². The molecule has 0 unspecified atom stereocenters. The van der Waals surface area contributed by atoms with Gasteiger partial charge >= 0.3 is 0 Å². The number of anilines is 2. The minimum Gasteiger partial charge on any atom is -0.323 e. The van der Waals surface area contributed by atoms with E-state index < -0.39 is 10.0 Å². The van der Waals surface area contributed by atoms with Crippen molar-refractivity contribution in [3.8, 4) is 0 Å². The number of nitrogens with one attached hydrogen (secondary N) is 2. The first-order valence-electron chi connectivity index (χ1n) is 6.34. The van der Waals surface area contributed by atoms with Crippen molar-refractivity contribution in [1.82, 2.24) is 10.2 Å². The number of carbonyl (C=O) groups excluding carboxylic acids is 1. The second kappa shape index (κ2) is 4.59. The number of carbonyl (C=O) groups is 1. The van der Waals surface area contributed by atoms with E-state index in [1.807, 2.05) is 0 Å². The van der Waals surface area contributed by atoms with E-state index in [2.05, 4.69) is 15.5 Å². The van der Waals surface area contributed by atoms with Gasteiger partial charge in [-0.15, -0.1) is 0 Å².